The van der Waals surface area contributed by atoms with E-state index in [-0.39, 0.29) is 17.0 Å². The standard InChI is InChI=1S/C24H24N2O5/c1-14(2)21(26-22(28)18-8-3-4-9-19(18)23(26)29)24(30)31-13-20(27)25-17-11-10-15-6-5-7-16(15)12-17/h3-4,8-12,14,21H,5-7,13H2,1-2H3,(H,25,27)/t21-/m1/s1. The van der Waals surface area contributed by atoms with E-state index in [0.29, 0.717) is 5.69 Å². The van der Waals surface area contributed by atoms with E-state index in [1.54, 1.807) is 38.1 Å². The Morgan fingerprint density at radius 2 is 1.65 bits per heavy atom. The Kier molecular flexibility index (Phi) is 5.59. The summed E-state index contributed by atoms with van der Waals surface area (Å²) in [5.74, 6) is -2.70. The Morgan fingerprint density at radius 1 is 1.00 bits per heavy atom. The lowest BCUT2D eigenvalue weighted by atomic mass is 10.0. The minimum atomic E-state index is -1.11. The van der Waals surface area contributed by atoms with Gasteiger partial charge in [-0.15, -0.1) is 0 Å². The summed E-state index contributed by atoms with van der Waals surface area (Å²) in [6, 6.07) is 11.1. The fourth-order valence-corrected chi connectivity index (χ4v) is 4.20. The van der Waals surface area contributed by atoms with Gasteiger partial charge < -0.3 is 10.1 Å². The van der Waals surface area contributed by atoms with E-state index in [9.17, 15) is 19.2 Å². The first-order valence-electron chi connectivity index (χ1n) is 10.4. The van der Waals surface area contributed by atoms with Gasteiger partial charge in [-0.1, -0.05) is 32.0 Å². The number of amides is 3. The predicted octanol–water partition coefficient (Wildman–Crippen LogP) is 2.98. The molecule has 7 nitrogen and oxygen atoms in total. The number of fused-ring (bicyclic) bond motifs is 2. The smallest absolute Gasteiger partial charge is 0.330 e. The van der Waals surface area contributed by atoms with E-state index >= 15 is 0 Å². The molecule has 0 aromatic heterocycles. The van der Waals surface area contributed by atoms with E-state index in [1.807, 2.05) is 18.2 Å². The summed E-state index contributed by atoms with van der Waals surface area (Å²) in [6.07, 6.45) is 3.15. The zero-order valence-corrected chi connectivity index (χ0v) is 17.5. The highest BCUT2D eigenvalue weighted by molar-refractivity contribution is 6.22. The van der Waals surface area contributed by atoms with Crippen LogP contribution in [0.4, 0.5) is 5.69 Å². The predicted molar refractivity (Wildman–Crippen MR) is 114 cm³/mol. The maximum atomic E-state index is 12.8. The highest BCUT2D eigenvalue weighted by atomic mass is 16.5. The molecule has 0 bridgehead atoms. The van der Waals surface area contributed by atoms with Crippen molar-refractivity contribution in [2.45, 2.75) is 39.2 Å². The normalized spacial score (nSPS) is 15.6. The lowest BCUT2D eigenvalue weighted by molar-refractivity contribution is -0.152. The van der Waals surface area contributed by atoms with Crippen molar-refractivity contribution in [3.05, 3.63) is 64.7 Å². The van der Waals surface area contributed by atoms with Crippen LogP contribution >= 0.6 is 0 Å². The van der Waals surface area contributed by atoms with Gasteiger partial charge in [0.1, 0.15) is 6.04 Å². The van der Waals surface area contributed by atoms with E-state index in [4.69, 9.17) is 4.74 Å². The molecule has 0 saturated carbocycles. The van der Waals surface area contributed by atoms with Crippen molar-refractivity contribution in [2.24, 2.45) is 5.92 Å². The van der Waals surface area contributed by atoms with Crippen LogP contribution in [0.5, 0.6) is 0 Å². The summed E-state index contributed by atoms with van der Waals surface area (Å²) < 4.78 is 5.20. The highest BCUT2D eigenvalue weighted by Gasteiger charge is 2.44. The van der Waals surface area contributed by atoms with Gasteiger partial charge in [-0.3, -0.25) is 19.3 Å². The van der Waals surface area contributed by atoms with Crippen LogP contribution in [0.25, 0.3) is 0 Å². The second-order valence-electron chi connectivity index (χ2n) is 8.21. The number of hydrogen-bond donors (Lipinski definition) is 1. The first-order chi connectivity index (χ1) is 14.9. The molecule has 0 saturated heterocycles. The Hall–Kier alpha value is -3.48. The second-order valence-corrected chi connectivity index (χ2v) is 8.21. The molecule has 1 aliphatic carbocycles. The van der Waals surface area contributed by atoms with Crippen molar-refractivity contribution in [1.29, 1.82) is 0 Å². The molecule has 0 radical (unpaired) electrons. The highest BCUT2D eigenvalue weighted by Crippen LogP contribution is 2.28. The van der Waals surface area contributed by atoms with Crippen LogP contribution in [0.3, 0.4) is 0 Å². The molecule has 2 aromatic rings. The second kappa shape index (κ2) is 8.34. The summed E-state index contributed by atoms with van der Waals surface area (Å²) in [5, 5.41) is 2.73. The van der Waals surface area contributed by atoms with Gasteiger partial charge in [-0.05, 0) is 60.6 Å². The third kappa shape index (κ3) is 3.95. The van der Waals surface area contributed by atoms with Gasteiger partial charge in [0.15, 0.2) is 6.61 Å². The van der Waals surface area contributed by atoms with Crippen molar-refractivity contribution in [3.63, 3.8) is 0 Å². The fourth-order valence-electron chi connectivity index (χ4n) is 4.20. The first-order valence-corrected chi connectivity index (χ1v) is 10.4. The molecule has 4 rings (SSSR count). The van der Waals surface area contributed by atoms with Crippen LogP contribution < -0.4 is 5.32 Å². The monoisotopic (exact) mass is 420 g/mol. The molecule has 7 heteroatoms. The number of ether oxygens (including phenoxy) is 1. The minimum Gasteiger partial charge on any atom is -0.454 e. The maximum Gasteiger partial charge on any atom is 0.330 e. The zero-order valence-electron chi connectivity index (χ0n) is 17.5. The molecule has 0 spiro atoms. The van der Waals surface area contributed by atoms with Crippen LogP contribution in [-0.2, 0) is 27.2 Å². The molecule has 3 amide bonds. The Balaban J connectivity index is 1.41. The number of nitrogens with one attached hydrogen (secondary N) is 1. The third-order valence-electron chi connectivity index (χ3n) is 5.70. The van der Waals surface area contributed by atoms with Gasteiger partial charge in [0.25, 0.3) is 17.7 Å². The molecule has 31 heavy (non-hydrogen) atoms. The first kappa shape index (κ1) is 20.8. The summed E-state index contributed by atoms with van der Waals surface area (Å²) in [4.78, 5) is 51.5. The van der Waals surface area contributed by atoms with Crippen LogP contribution in [0.2, 0.25) is 0 Å². The Morgan fingerprint density at radius 3 is 2.29 bits per heavy atom. The Labute approximate surface area is 180 Å². The SMILES string of the molecule is CC(C)[C@H](C(=O)OCC(=O)Nc1ccc2c(c1)CCC2)N1C(=O)c2ccccc2C1=O. The number of anilines is 1. The number of carbonyl (C=O) groups is 4. The molecule has 1 heterocycles. The number of aryl methyl sites for hydroxylation is 2. The van der Waals surface area contributed by atoms with Crippen LogP contribution in [0, 0.1) is 5.92 Å². The summed E-state index contributed by atoms with van der Waals surface area (Å²) in [6.45, 7) is 2.95. The minimum absolute atomic E-state index is 0.264. The summed E-state index contributed by atoms with van der Waals surface area (Å²) in [5.41, 5.74) is 3.70. The van der Waals surface area contributed by atoms with E-state index in [2.05, 4.69) is 5.32 Å². The Bertz CT molecular complexity index is 1040. The van der Waals surface area contributed by atoms with Crippen LogP contribution in [0.1, 0.15) is 52.1 Å². The van der Waals surface area contributed by atoms with Crippen molar-refractivity contribution < 1.29 is 23.9 Å². The molecule has 160 valence electrons. The summed E-state index contributed by atoms with van der Waals surface area (Å²) in [7, 11) is 0. The molecule has 1 N–H and O–H groups in total. The molecule has 0 unspecified atom stereocenters. The average Bonchev–Trinajstić information content (AvgIpc) is 3.31. The van der Waals surface area contributed by atoms with Crippen molar-refractivity contribution in [2.75, 3.05) is 11.9 Å². The van der Waals surface area contributed by atoms with Crippen molar-refractivity contribution >= 4 is 29.4 Å². The topological polar surface area (TPSA) is 92.8 Å². The summed E-state index contributed by atoms with van der Waals surface area (Å²) >= 11 is 0. The number of imide groups is 1. The number of esters is 1. The third-order valence-corrected chi connectivity index (χ3v) is 5.70. The zero-order chi connectivity index (χ0) is 22.1. The van der Waals surface area contributed by atoms with Gasteiger partial charge >= 0.3 is 5.97 Å². The number of nitrogens with zero attached hydrogens (tertiary/aromatic N) is 1. The maximum absolute atomic E-state index is 12.8. The lowest BCUT2D eigenvalue weighted by Crippen LogP contribution is -2.49. The van der Waals surface area contributed by atoms with Gasteiger partial charge in [0.2, 0.25) is 0 Å². The quantitative estimate of drug-likeness (QED) is 0.573. The van der Waals surface area contributed by atoms with Gasteiger partial charge in [-0.25, -0.2) is 4.79 Å². The molecule has 1 atom stereocenters. The van der Waals surface area contributed by atoms with E-state index in [0.717, 1.165) is 24.2 Å². The van der Waals surface area contributed by atoms with Gasteiger partial charge in [0, 0.05) is 5.69 Å². The van der Waals surface area contributed by atoms with Gasteiger partial charge in [-0.2, -0.15) is 0 Å². The van der Waals surface area contributed by atoms with Crippen molar-refractivity contribution in [1.82, 2.24) is 4.90 Å². The number of benzene rings is 2. The van der Waals surface area contributed by atoms with E-state index in [1.165, 1.54) is 11.1 Å². The number of carbonyl (C=O) groups excluding carboxylic acids is 4. The largest absolute Gasteiger partial charge is 0.454 e. The molecule has 2 aliphatic rings. The lowest BCUT2D eigenvalue weighted by Gasteiger charge is -2.27. The molecule has 2 aromatic carbocycles. The number of hydrogen-bond acceptors (Lipinski definition) is 5. The number of rotatable bonds is 6. The average molecular weight is 420 g/mol. The van der Waals surface area contributed by atoms with Crippen LogP contribution in [-0.4, -0.2) is 41.2 Å². The fraction of sp³-hybridized carbons (Fsp3) is 0.333. The molecule has 1 aliphatic heterocycles. The van der Waals surface area contributed by atoms with Crippen LogP contribution in [0.15, 0.2) is 42.5 Å². The van der Waals surface area contributed by atoms with Gasteiger partial charge in [0.05, 0.1) is 11.1 Å². The molecular weight excluding hydrogens is 396 g/mol. The van der Waals surface area contributed by atoms with Crippen molar-refractivity contribution in [3.8, 4) is 0 Å². The van der Waals surface area contributed by atoms with E-state index < -0.39 is 36.3 Å². The molecule has 0 fully saturated rings. The molecular formula is C24H24N2O5.